The van der Waals surface area contributed by atoms with Crippen molar-refractivity contribution < 1.29 is 18.7 Å². The van der Waals surface area contributed by atoms with E-state index in [1.54, 1.807) is 45.2 Å². The van der Waals surface area contributed by atoms with Crippen molar-refractivity contribution in [3.05, 3.63) is 64.6 Å². The van der Waals surface area contributed by atoms with Crippen LogP contribution in [-0.4, -0.2) is 22.9 Å². The van der Waals surface area contributed by atoms with Gasteiger partial charge in [0.05, 0.1) is 10.6 Å². The standard InChI is InChI=1S/C28H31ClFN3O3/c1-28(2,3)27(35)32-16-17-12-13-21(29)23(24(17)30)25(34)33-22-11-7-10-20-19(22)14-15-31-26(20)36-18-8-5-4-6-9-18/h7,10-15,18H,4-6,8-9,16H2,1-3H3,(H,32,35)(H,33,34). The summed E-state index contributed by atoms with van der Waals surface area (Å²) in [7, 11) is 0. The molecule has 2 N–H and O–H groups in total. The number of anilines is 1. The van der Waals surface area contributed by atoms with Crippen LogP contribution in [0.5, 0.6) is 5.88 Å². The molecule has 1 aliphatic carbocycles. The van der Waals surface area contributed by atoms with Gasteiger partial charge in [0.2, 0.25) is 11.8 Å². The molecular formula is C28H31ClFN3O3. The third-order valence-electron chi connectivity index (χ3n) is 6.37. The number of hydrogen-bond donors (Lipinski definition) is 2. The van der Waals surface area contributed by atoms with E-state index >= 15 is 4.39 Å². The molecule has 0 aliphatic heterocycles. The van der Waals surface area contributed by atoms with Crippen molar-refractivity contribution in [2.24, 2.45) is 5.41 Å². The summed E-state index contributed by atoms with van der Waals surface area (Å²) in [5, 5.41) is 6.99. The van der Waals surface area contributed by atoms with Gasteiger partial charge in [-0.1, -0.05) is 50.9 Å². The Labute approximate surface area is 215 Å². The Hall–Kier alpha value is -3.19. The molecule has 0 spiro atoms. The predicted octanol–water partition coefficient (Wildman–Crippen LogP) is 6.65. The number of benzene rings is 2. The van der Waals surface area contributed by atoms with Crippen molar-refractivity contribution in [1.82, 2.24) is 10.3 Å². The van der Waals surface area contributed by atoms with Gasteiger partial charge in [-0.3, -0.25) is 9.59 Å². The highest BCUT2D eigenvalue weighted by Crippen LogP contribution is 2.32. The first kappa shape index (κ1) is 25.9. The summed E-state index contributed by atoms with van der Waals surface area (Å²) in [4.78, 5) is 29.8. The van der Waals surface area contributed by atoms with Crippen molar-refractivity contribution in [1.29, 1.82) is 0 Å². The van der Waals surface area contributed by atoms with Crippen LogP contribution in [0.4, 0.5) is 10.1 Å². The Morgan fingerprint density at radius 3 is 2.56 bits per heavy atom. The second-order valence-corrected chi connectivity index (χ2v) is 10.6. The minimum atomic E-state index is -0.766. The minimum absolute atomic E-state index is 0.0147. The van der Waals surface area contributed by atoms with E-state index in [9.17, 15) is 9.59 Å². The van der Waals surface area contributed by atoms with E-state index in [1.807, 2.05) is 6.07 Å². The number of halogens is 2. The number of carbonyl (C=O) groups is 2. The molecule has 0 bridgehead atoms. The molecule has 3 aromatic rings. The smallest absolute Gasteiger partial charge is 0.260 e. The molecule has 1 aliphatic rings. The zero-order chi connectivity index (χ0) is 25.9. The molecule has 1 aromatic heterocycles. The summed E-state index contributed by atoms with van der Waals surface area (Å²) >= 11 is 6.23. The molecular weight excluding hydrogens is 481 g/mol. The normalized spacial score (nSPS) is 14.5. The second-order valence-electron chi connectivity index (χ2n) is 10.2. The van der Waals surface area contributed by atoms with Gasteiger partial charge in [0.1, 0.15) is 11.9 Å². The monoisotopic (exact) mass is 511 g/mol. The van der Waals surface area contributed by atoms with E-state index in [0.29, 0.717) is 11.6 Å². The molecule has 6 nitrogen and oxygen atoms in total. The van der Waals surface area contributed by atoms with Crippen LogP contribution in [0.1, 0.15) is 68.8 Å². The quantitative estimate of drug-likeness (QED) is 0.388. The van der Waals surface area contributed by atoms with E-state index in [1.165, 1.54) is 18.6 Å². The fraction of sp³-hybridized carbons (Fsp3) is 0.393. The van der Waals surface area contributed by atoms with Gasteiger partial charge in [0.15, 0.2) is 0 Å². The van der Waals surface area contributed by atoms with Crippen LogP contribution < -0.4 is 15.4 Å². The Kier molecular flexibility index (Phi) is 7.79. The van der Waals surface area contributed by atoms with Crippen molar-refractivity contribution in [2.75, 3.05) is 5.32 Å². The van der Waals surface area contributed by atoms with Crippen LogP contribution >= 0.6 is 11.6 Å². The van der Waals surface area contributed by atoms with E-state index in [0.717, 1.165) is 36.5 Å². The SMILES string of the molecule is CC(C)(C)C(=O)NCc1ccc(Cl)c(C(=O)Nc2cccc3c(OC4CCCCC4)nccc23)c1F. The molecule has 0 unspecified atom stereocenters. The number of rotatable bonds is 6. The third-order valence-corrected chi connectivity index (χ3v) is 6.68. The Morgan fingerprint density at radius 1 is 1.08 bits per heavy atom. The fourth-order valence-corrected chi connectivity index (χ4v) is 4.52. The minimum Gasteiger partial charge on any atom is -0.474 e. The Bertz CT molecular complexity index is 1280. The summed E-state index contributed by atoms with van der Waals surface area (Å²) in [6.45, 7) is 5.25. The maximum Gasteiger partial charge on any atom is 0.260 e. The highest BCUT2D eigenvalue weighted by atomic mass is 35.5. The first-order valence-electron chi connectivity index (χ1n) is 12.3. The largest absolute Gasteiger partial charge is 0.474 e. The second kappa shape index (κ2) is 10.8. The van der Waals surface area contributed by atoms with E-state index in [2.05, 4.69) is 15.6 Å². The zero-order valence-corrected chi connectivity index (χ0v) is 21.5. The molecule has 4 rings (SSSR count). The predicted molar refractivity (Wildman–Crippen MR) is 140 cm³/mol. The lowest BCUT2D eigenvalue weighted by atomic mass is 9.95. The van der Waals surface area contributed by atoms with Gasteiger partial charge in [0, 0.05) is 40.2 Å². The third kappa shape index (κ3) is 5.78. The number of amides is 2. The first-order valence-corrected chi connectivity index (χ1v) is 12.6. The van der Waals surface area contributed by atoms with Crippen molar-refractivity contribution in [3.63, 3.8) is 0 Å². The van der Waals surface area contributed by atoms with Gasteiger partial charge in [-0.2, -0.15) is 0 Å². The average molecular weight is 512 g/mol. The lowest BCUT2D eigenvalue weighted by Crippen LogP contribution is -2.34. The molecule has 190 valence electrons. The fourth-order valence-electron chi connectivity index (χ4n) is 4.29. The molecule has 1 saturated carbocycles. The van der Waals surface area contributed by atoms with Gasteiger partial charge in [-0.15, -0.1) is 0 Å². The maximum absolute atomic E-state index is 15.3. The van der Waals surface area contributed by atoms with Crippen molar-refractivity contribution in [2.45, 2.75) is 65.5 Å². The molecule has 0 saturated heterocycles. The van der Waals surface area contributed by atoms with Crippen molar-refractivity contribution >= 4 is 39.9 Å². The lowest BCUT2D eigenvalue weighted by molar-refractivity contribution is -0.128. The van der Waals surface area contributed by atoms with Crippen LogP contribution in [0.2, 0.25) is 5.02 Å². The number of nitrogens with one attached hydrogen (secondary N) is 2. The summed E-state index contributed by atoms with van der Waals surface area (Å²) in [5.41, 5.74) is -0.224. The van der Waals surface area contributed by atoms with Gasteiger partial charge >= 0.3 is 0 Å². The van der Waals surface area contributed by atoms with Crippen molar-refractivity contribution in [3.8, 4) is 5.88 Å². The Morgan fingerprint density at radius 2 is 1.83 bits per heavy atom. The molecule has 1 fully saturated rings. The Balaban J connectivity index is 1.58. The highest BCUT2D eigenvalue weighted by molar-refractivity contribution is 6.34. The number of fused-ring (bicyclic) bond motifs is 1. The molecule has 0 radical (unpaired) electrons. The van der Waals surface area contributed by atoms with Crippen LogP contribution in [-0.2, 0) is 11.3 Å². The number of pyridine rings is 1. The van der Waals surface area contributed by atoms with Gasteiger partial charge in [0.25, 0.3) is 5.91 Å². The molecule has 8 heteroatoms. The number of carbonyl (C=O) groups excluding carboxylic acids is 2. The zero-order valence-electron chi connectivity index (χ0n) is 20.8. The van der Waals surface area contributed by atoms with Crippen LogP contribution in [0.25, 0.3) is 10.8 Å². The van der Waals surface area contributed by atoms with E-state index < -0.39 is 17.1 Å². The van der Waals surface area contributed by atoms with E-state index in [-0.39, 0.29) is 34.7 Å². The van der Waals surface area contributed by atoms with Gasteiger partial charge in [-0.25, -0.2) is 9.37 Å². The molecule has 0 atom stereocenters. The molecule has 2 amide bonds. The molecule has 36 heavy (non-hydrogen) atoms. The topological polar surface area (TPSA) is 80.3 Å². The summed E-state index contributed by atoms with van der Waals surface area (Å²) in [6, 6.07) is 10.1. The summed E-state index contributed by atoms with van der Waals surface area (Å²) in [6.07, 6.45) is 7.27. The summed E-state index contributed by atoms with van der Waals surface area (Å²) < 4.78 is 21.5. The number of ether oxygens (including phenoxy) is 1. The van der Waals surface area contributed by atoms with E-state index in [4.69, 9.17) is 16.3 Å². The van der Waals surface area contributed by atoms with Crippen LogP contribution in [0.15, 0.2) is 42.6 Å². The maximum atomic E-state index is 15.3. The van der Waals surface area contributed by atoms with Crippen LogP contribution in [0, 0.1) is 11.2 Å². The number of aromatic nitrogens is 1. The molecule has 2 aromatic carbocycles. The number of hydrogen-bond acceptors (Lipinski definition) is 4. The van der Waals surface area contributed by atoms with Gasteiger partial charge in [-0.05, 0) is 49.9 Å². The first-order chi connectivity index (χ1) is 17.1. The number of nitrogens with zero attached hydrogens (tertiary/aromatic N) is 1. The average Bonchev–Trinajstić information content (AvgIpc) is 2.84. The summed E-state index contributed by atoms with van der Waals surface area (Å²) in [5.74, 6) is -1.15. The molecule has 1 heterocycles. The van der Waals surface area contributed by atoms with Gasteiger partial charge < -0.3 is 15.4 Å². The highest BCUT2D eigenvalue weighted by Gasteiger charge is 2.24. The van der Waals surface area contributed by atoms with Crippen LogP contribution in [0.3, 0.4) is 0 Å². The lowest BCUT2D eigenvalue weighted by Gasteiger charge is -2.23.